The van der Waals surface area contributed by atoms with E-state index in [9.17, 15) is 19.8 Å². The molecule has 2 N–H and O–H groups in total. The third kappa shape index (κ3) is 10.3. The summed E-state index contributed by atoms with van der Waals surface area (Å²) in [7, 11) is 6.90. The maximum atomic E-state index is 15.6. The van der Waals surface area contributed by atoms with Gasteiger partial charge in [-0.2, -0.15) is 0 Å². The Hall–Kier alpha value is -3.78. The fraction of sp³-hybridized carbons (Fsp3) is 0.725. The third-order valence-electron chi connectivity index (χ3n) is 15.6. The number of carbonyl (C=O) groups excluding carboxylic acids is 4. The number of aliphatic hydroxyl groups excluding tert-OH is 2. The summed E-state index contributed by atoms with van der Waals surface area (Å²) in [5.74, 6) is 1.23. The van der Waals surface area contributed by atoms with Gasteiger partial charge < -0.3 is 53.0 Å². The number of Topliss-reactive ketones (excluding diaryl/α,β-unsaturated/α-hetero) is 2. The van der Waals surface area contributed by atoms with Gasteiger partial charge in [0.2, 0.25) is 0 Å². The van der Waals surface area contributed by atoms with Crippen LogP contribution in [0.2, 0.25) is 0 Å². The van der Waals surface area contributed by atoms with Gasteiger partial charge in [-0.1, -0.05) is 32.6 Å². The van der Waals surface area contributed by atoms with Gasteiger partial charge in [-0.3, -0.25) is 24.1 Å². The number of hydrogen-bond donors (Lipinski definition) is 2. The summed E-state index contributed by atoms with van der Waals surface area (Å²) >= 11 is 1.40. The molecule has 70 heavy (non-hydrogen) atoms. The number of likely N-dealkylation sites (tertiary alicyclic amines) is 1. The Morgan fingerprint density at radius 3 is 2.31 bits per heavy atom. The number of cyclic esters (lactones) is 1. The highest BCUT2D eigenvalue weighted by atomic mass is 32.1. The molecule has 5 saturated heterocycles. The molecule has 18 atom stereocenters. The van der Waals surface area contributed by atoms with Crippen LogP contribution in [0.3, 0.4) is 0 Å². The molecule has 0 amide bonds. The lowest BCUT2D eigenvalue weighted by molar-refractivity contribution is -0.328. The molecule has 5 aliphatic heterocycles. The Kier molecular flexibility index (Phi) is 16.2. The minimum Gasteiger partial charge on any atom is -0.458 e. The topological polar surface area (TPSA) is 215 Å². The number of nitrogens with zero attached hydrogens (tertiary/aromatic N) is 4. The van der Waals surface area contributed by atoms with Crippen molar-refractivity contribution in [3.63, 3.8) is 0 Å². The van der Waals surface area contributed by atoms with Gasteiger partial charge in [0.05, 0.1) is 33.2 Å². The minimum atomic E-state index is -1.75. The number of methoxy groups -OCH3 is 1. The molecule has 0 aromatic carbocycles. The van der Waals surface area contributed by atoms with Crippen LogP contribution in [-0.2, 0) is 57.1 Å². The maximum Gasteiger partial charge on any atom is 0.324 e. The molecule has 0 spiro atoms. The van der Waals surface area contributed by atoms with E-state index in [1.54, 1.807) is 67.1 Å². The maximum absolute atomic E-state index is 15.6. The van der Waals surface area contributed by atoms with Crippen molar-refractivity contribution in [3.05, 3.63) is 35.5 Å². The molecule has 0 aliphatic carbocycles. The first-order valence-corrected chi connectivity index (χ1v) is 25.1. The van der Waals surface area contributed by atoms with E-state index >= 15 is 9.59 Å². The zero-order valence-electron chi connectivity index (χ0n) is 42.7. The number of esters is 2. The molecule has 0 bridgehead atoms. The first kappa shape index (κ1) is 54.0. The van der Waals surface area contributed by atoms with Crippen molar-refractivity contribution >= 4 is 34.8 Å². The lowest BCUT2D eigenvalue weighted by Gasteiger charge is -2.49. The number of ether oxygens (including phenoxy) is 8. The smallest absolute Gasteiger partial charge is 0.324 e. The molecular weight excluding hydrogens is 925 g/mol. The molecule has 0 saturated carbocycles. The number of likely N-dealkylation sites (N-methyl/N-ethyl adjacent to an activating group) is 2. The molecule has 5 unspecified atom stereocenters. The molecule has 7 rings (SSSR count). The van der Waals surface area contributed by atoms with Gasteiger partial charge >= 0.3 is 11.9 Å². The number of rotatable bonds is 10. The summed E-state index contributed by atoms with van der Waals surface area (Å²) < 4.78 is 51.6. The first-order valence-electron chi connectivity index (χ1n) is 24.3. The Labute approximate surface area is 415 Å². The Morgan fingerprint density at radius 1 is 0.957 bits per heavy atom. The van der Waals surface area contributed by atoms with Gasteiger partial charge in [-0.15, -0.1) is 11.3 Å². The number of aromatic nitrogens is 2. The minimum absolute atomic E-state index is 0.0581. The quantitative estimate of drug-likeness (QED) is 0.197. The van der Waals surface area contributed by atoms with Crippen molar-refractivity contribution in [1.29, 1.82) is 0 Å². The second kappa shape index (κ2) is 21.0. The highest BCUT2D eigenvalue weighted by molar-refractivity contribution is 7.15. The van der Waals surface area contributed by atoms with Crippen molar-refractivity contribution < 1.29 is 67.3 Å². The molecular formula is C51H72N4O14S. The van der Waals surface area contributed by atoms with Crippen molar-refractivity contribution in [1.82, 2.24) is 19.8 Å². The molecule has 5 fully saturated rings. The van der Waals surface area contributed by atoms with E-state index in [1.165, 1.54) is 25.4 Å². The molecule has 19 heteroatoms. The van der Waals surface area contributed by atoms with E-state index in [2.05, 4.69) is 21.8 Å². The average molecular weight is 997 g/mol. The van der Waals surface area contributed by atoms with Gasteiger partial charge in [-0.05, 0) is 100 Å². The van der Waals surface area contributed by atoms with Crippen LogP contribution in [0.25, 0.3) is 10.7 Å². The van der Waals surface area contributed by atoms with Crippen LogP contribution >= 0.6 is 11.3 Å². The monoisotopic (exact) mass is 996 g/mol. The zero-order chi connectivity index (χ0) is 51.2. The summed E-state index contributed by atoms with van der Waals surface area (Å²) in [6.07, 6.45) is -6.75. The highest BCUT2D eigenvalue weighted by Crippen LogP contribution is 2.56. The summed E-state index contributed by atoms with van der Waals surface area (Å²) in [5, 5.41) is 23.3. The Bertz CT molecular complexity index is 2290. The number of thiophene rings is 1. The molecule has 18 nitrogen and oxygen atoms in total. The van der Waals surface area contributed by atoms with Crippen LogP contribution in [0, 0.1) is 35.0 Å². The van der Waals surface area contributed by atoms with E-state index < -0.39 is 125 Å². The van der Waals surface area contributed by atoms with Gasteiger partial charge in [0.1, 0.15) is 54.9 Å². The van der Waals surface area contributed by atoms with Gasteiger partial charge in [0.25, 0.3) is 0 Å². The molecule has 386 valence electrons. The van der Waals surface area contributed by atoms with Crippen LogP contribution in [0.15, 0.2) is 30.6 Å². The molecule has 2 aromatic heterocycles. The van der Waals surface area contributed by atoms with Crippen LogP contribution in [-0.4, -0.2) is 179 Å². The van der Waals surface area contributed by atoms with E-state index in [1.807, 2.05) is 49.9 Å². The third-order valence-corrected chi connectivity index (χ3v) is 16.6. The predicted octanol–water partition coefficient (Wildman–Crippen LogP) is 3.82. The number of carbonyl (C=O) groups is 4. The van der Waals surface area contributed by atoms with Gasteiger partial charge in [-0.25, -0.2) is 9.97 Å². The SMILES string of the molecule is CC[C@H]1OC(=O)[C@H](C)C(=O)[C@H](OC2CC(C)(OC)[C@@H](O)[C@H](C)O2)[C@@H](O[C@@H]2O[C@H](C)C[C@H](N(C)C)[C@H]2O)[C@@](C)(OCC#Cc2ccc(-c3ncccn3)s2)C[C@@H](C)C(=O)C2(C)CN(C)C3C(=O)O[C@@]1(C)C32. The van der Waals surface area contributed by atoms with Crippen molar-refractivity contribution in [2.75, 3.05) is 41.4 Å². The lowest BCUT2D eigenvalue weighted by atomic mass is 9.62. The lowest BCUT2D eigenvalue weighted by Crippen LogP contribution is -2.63. The normalized spacial score (nSPS) is 41.9. The number of ketones is 2. The second-order valence-corrected chi connectivity index (χ2v) is 22.1. The fourth-order valence-electron chi connectivity index (χ4n) is 11.8. The number of hydrogen-bond acceptors (Lipinski definition) is 19. The van der Waals surface area contributed by atoms with E-state index in [0.29, 0.717) is 17.1 Å². The van der Waals surface area contributed by atoms with Crippen LogP contribution < -0.4 is 0 Å². The van der Waals surface area contributed by atoms with Crippen molar-refractivity contribution in [2.45, 2.75) is 172 Å². The molecule has 7 heterocycles. The highest BCUT2D eigenvalue weighted by Gasteiger charge is 2.71. The van der Waals surface area contributed by atoms with Crippen LogP contribution in [0.1, 0.15) is 92.9 Å². The average Bonchev–Trinajstić information content (AvgIpc) is 4.00. The summed E-state index contributed by atoms with van der Waals surface area (Å²) in [5.41, 5.74) is -5.58. The standard InChI is InChI=1S/C51H72N4O14S/c1-14-34-51(9)40-36(46(61)69-51)55(12)26-48(40,6)41(58)27(2)24-50(8,63-22-15-17-31-18-19-33(70-31)44-52-20-16-21-53-44)43(68-47-38(57)32(54(10)11)23-28(3)64-47)39(37(56)29(4)45(60)66-34)67-35-25-49(7,62-13)42(59)30(5)65-35/h16,18-21,27-30,32,34-36,38-40,42-43,47,57,59H,14,22-26H2,1-13H3/t27-,28-,29-,30+,32+,34-,35?,36?,38-,39+,40?,42+,43-,47+,48?,49?,50+,51-/m1/s1. The molecule has 5 aliphatic rings. The molecule has 2 aromatic rings. The van der Waals surface area contributed by atoms with Crippen LogP contribution in [0.4, 0.5) is 0 Å². The van der Waals surface area contributed by atoms with E-state index in [4.69, 9.17) is 37.9 Å². The summed E-state index contributed by atoms with van der Waals surface area (Å²) in [4.78, 5) is 73.5. The van der Waals surface area contributed by atoms with Crippen molar-refractivity contribution in [2.24, 2.45) is 23.2 Å². The largest absolute Gasteiger partial charge is 0.458 e. The van der Waals surface area contributed by atoms with Gasteiger partial charge in [0.15, 0.2) is 29.8 Å². The van der Waals surface area contributed by atoms with E-state index in [-0.39, 0.29) is 38.2 Å². The van der Waals surface area contributed by atoms with Gasteiger partial charge in [0, 0.05) is 55.8 Å². The second-order valence-electron chi connectivity index (χ2n) is 21.0. The fourth-order valence-corrected chi connectivity index (χ4v) is 12.6. The predicted molar refractivity (Wildman–Crippen MR) is 255 cm³/mol. The van der Waals surface area contributed by atoms with Crippen LogP contribution in [0.5, 0.6) is 0 Å². The Balaban J connectivity index is 1.38. The first-order chi connectivity index (χ1) is 32.9. The molecule has 0 radical (unpaired) electrons. The number of aliphatic hydroxyl groups is 2. The zero-order valence-corrected chi connectivity index (χ0v) is 43.5. The van der Waals surface area contributed by atoms with Crippen molar-refractivity contribution in [3.8, 4) is 22.5 Å². The summed E-state index contributed by atoms with van der Waals surface area (Å²) in [6, 6.07) is 4.21. The summed E-state index contributed by atoms with van der Waals surface area (Å²) in [6.45, 7) is 15.4. The van der Waals surface area contributed by atoms with E-state index in [0.717, 1.165) is 4.88 Å². The Morgan fingerprint density at radius 2 is 1.66 bits per heavy atom.